The molecule has 4 N–H and O–H groups in total. The van der Waals surface area contributed by atoms with Crippen molar-refractivity contribution in [2.45, 2.75) is 12.5 Å². The van der Waals surface area contributed by atoms with Gasteiger partial charge in [0.25, 0.3) is 11.8 Å². The summed E-state index contributed by atoms with van der Waals surface area (Å²) >= 11 is 12.2. The summed E-state index contributed by atoms with van der Waals surface area (Å²) in [4.78, 5) is 54.3. The van der Waals surface area contributed by atoms with Crippen LogP contribution in [0.25, 0.3) is 0 Å². The molecule has 4 amide bonds. The number of hydrogen-bond donors (Lipinski definition) is 4. The number of likely N-dealkylation sites (N-methyl/N-ethyl adjacent to an activating group) is 1. The molecule has 0 spiro atoms. The summed E-state index contributed by atoms with van der Waals surface area (Å²) in [6.07, 6.45) is -0.0187. The molecule has 0 saturated carbocycles. The fraction of sp³-hybridized carbons (Fsp3) is 0.241. The van der Waals surface area contributed by atoms with Crippen LogP contribution in [-0.4, -0.2) is 78.0 Å². The molecule has 0 aliphatic carbocycles. The predicted molar refractivity (Wildman–Crippen MR) is 158 cm³/mol. The minimum atomic E-state index is -1.25. The van der Waals surface area contributed by atoms with Gasteiger partial charge in [0.15, 0.2) is 0 Å². The number of hydrogen-bond acceptors (Lipinski definition) is 5. The maximum absolute atomic E-state index is 13.1. The maximum atomic E-state index is 13.1. The number of carboxylic acid groups (broad SMARTS) is 1. The number of urea groups is 1. The molecule has 12 heteroatoms. The van der Waals surface area contributed by atoms with Gasteiger partial charge in [-0.1, -0.05) is 53.5 Å². The van der Waals surface area contributed by atoms with Crippen molar-refractivity contribution in [3.8, 4) is 0 Å². The van der Waals surface area contributed by atoms with Crippen molar-refractivity contribution < 1.29 is 24.3 Å². The van der Waals surface area contributed by atoms with Gasteiger partial charge < -0.3 is 30.9 Å². The van der Waals surface area contributed by atoms with E-state index >= 15 is 0 Å². The van der Waals surface area contributed by atoms with Crippen LogP contribution in [0.5, 0.6) is 0 Å². The number of para-hydroxylation sites is 1. The quantitative estimate of drug-likeness (QED) is 0.303. The van der Waals surface area contributed by atoms with E-state index in [0.29, 0.717) is 29.9 Å². The first-order valence-electron chi connectivity index (χ1n) is 12.8. The van der Waals surface area contributed by atoms with Gasteiger partial charge in [-0.15, -0.1) is 0 Å². The normalized spacial score (nSPS) is 14.2. The largest absolute Gasteiger partial charge is 0.480 e. The van der Waals surface area contributed by atoms with Crippen LogP contribution < -0.4 is 16.0 Å². The number of aliphatic carboxylic acids is 1. The number of anilines is 2. The van der Waals surface area contributed by atoms with Gasteiger partial charge in [0.1, 0.15) is 6.04 Å². The fourth-order valence-corrected chi connectivity index (χ4v) is 4.91. The van der Waals surface area contributed by atoms with Gasteiger partial charge in [-0.3, -0.25) is 9.59 Å². The molecule has 1 aliphatic heterocycles. The Hall–Kier alpha value is -4.12. The Balaban J connectivity index is 1.37. The first-order valence-corrected chi connectivity index (χ1v) is 13.6. The summed E-state index contributed by atoms with van der Waals surface area (Å²) < 4.78 is 0. The molecule has 0 aromatic heterocycles. The van der Waals surface area contributed by atoms with Crippen LogP contribution in [0.3, 0.4) is 0 Å². The molecule has 3 aromatic rings. The lowest BCUT2D eigenvalue weighted by molar-refractivity contribution is -0.139. The number of amides is 4. The van der Waals surface area contributed by atoms with Crippen LogP contribution in [0.15, 0.2) is 66.7 Å². The van der Waals surface area contributed by atoms with E-state index in [0.717, 1.165) is 13.1 Å². The average molecular weight is 598 g/mol. The highest BCUT2D eigenvalue weighted by molar-refractivity contribution is 6.40. The molecule has 0 unspecified atom stereocenters. The molecule has 3 aromatic carbocycles. The van der Waals surface area contributed by atoms with E-state index in [9.17, 15) is 24.3 Å². The lowest BCUT2D eigenvalue weighted by Gasteiger charge is -2.32. The third-order valence-corrected chi connectivity index (χ3v) is 7.27. The van der Waals surface area contributed by atoms with Crippen molar-refractivity contribution in [2.24, 2.45) is 0 Å². The monoisotopic (exact) mass is 597 g/mol. The minimum Gasteiger partial charge on any atom is -0.480 e. The Kier molecular flexibility index (Phi) is 9.82. The Morgan fingerprint density at radius 3 is 2.12 bits per heavy atom. The Labute approximate surface area is 247 Å². The van der Waals surface area contributed by atoms with E-state index in [1.165, 1.54) is 0 Å². The van der Waals surface area contributed by atoms with Crippen LogP contribution in [0.2, 0.25) is 10.0 Å². The third-order valence-electron chi connectivity index (χ3n) is 6.64. The maximum Gasteiger partial charge on any atom is 0.326 e. The zero-order chi connectivity index (χ0) is 29.5. The number of carboxylic acids is 1. The summed E-state index contributed by atoms with van der Waals surface area (Å²) in [6, 6.07) is 15.9. The number of benzene rings is 3. The van der Waals surface area contributed by atoms with E-state index < -0.39 is 23.9 Å². The zero-order valence-corrected chi connectivity index (χ0v) is 23.7. The molecule has 1 aliphatic rings. The molecular formula is C29H29Cl2N5O5. The van der Waals surface area contributed by atoms with Crippen LogP contribution in [0.1, 0.15) is 26.3 Å². The van der Waals surface area contributed by atoms with Gasteiger partial charge in [0.05, 0.1) is 26.9 Å². The van der Waals surface area contributed by atoms with Gasteiger partial charge >= 0.3 is 12.0 Å². The summed E-state index contributed by atoms with van der Waals surface area (Å²) in [6.45, 7) is 2.66. The molecule has 214 valence electrons. The van der Waals surface area contributed by atoms with Gasteiger partial charge in [0, 0.05) is 38.3 Å². The van der Waals surface area contributed by atoms with Crippen LogP contribution >= 0.6 is 23.2 Å². The van der Waals surface area contributed by atoms with Crippen molar-refractivity contribution >= 4 is 58.4 Å². The molecule has 10 nitrogen and oxygen atoms in total. The van der Waals surface area contributed by atoms with E-state index in [-0.39, 0.29) is 33.6 Å². The van der Waals surface area contributed by atoms with E-state index in [1.54, 1.807) is 71.6 Å². The first kappa shape index (κ1) is 29.9. The number of piperazine rings is 1. The van der Waals surface area contributed by atoms with Gasteiger partial charge in [-0.05, 0) is 49.0 Å². The molecule has 1 atom stereocenters. The Morgan fingerprint density at radius 2 is 1.49 bits per heavy atom. The van der Waals surface area contributed by atoms with Gasteiger partial charge in [0.2, 0.25) is 0 Å². The molecule has 1 saturated heterocycles. The highest BCUT2D eigenvalue weighted by Gasteiger charge is 2.25. The Morgan fingerprint density at radius 1 is 0.854 bits per heavy atom. The lowest BCUT2D eigenvalue weighted by atomic mass is 10.1. The van der Waals surface area contributed by atoms with Crippen LogP contribution in [0, 0.1) is 0 Å². The number of halogens is 2. The Bertz CT molecular complexity index is 1420. The summed E-state index contributed by atoms with van der Waals surface area (Å²) in [5, 5.41) is 18.0. The molecular weight excluding hydrogens is 569 g/mol. The van der Waals surface area contributed by atoms with E-state index in [2.05, 4.69) is 20.9 Å². The standard InChI is InChI=1S/C29H29Cl2N5O5/c1-35-13-15-36(16-14-35)27(38)20-5-2-3-8-23(20)33-29(41)34-24(28(39)40)17-18-9-11-19(12-10-18)32-26(37)25-21(30)6-4-7-22(25)31/h2-12,24H,13-17H2,1H3,(H,32,37)(H,39,40)(H2,33,34,41)/t24-/m0/s1. The highest BCUT2D eigenvalue weighted by atomic mass is 35.5. The van der Waals surface area contributed by atoms with Crippen molar-refractivity contribution in [2.75, 3.05) is 43.9 Å². The smallest absolute Gasteiger partial charge is 0.326 e. The number of carbonyl (C=O) groups is 4. The number of rotatable bonds is 8. The molecule has 41 heavy (non-hydrogen) atoms. The highest BCUT2D eigenvalue weighted by Crippen LogP contribution is 2.25. The SMILES string of the molecule is CN1CCN(C(=O)c2ccccc2NC(=O)N[C@@H](Cc2ccc(NC(=O)c3c(Cl)cccc3Cl)cc2)C(=O)O)CC1. The van der Waals surface area contributed by atoms with Crippen LogP contribution in [0.4, 0.5) is 16.2 Å². The fourth-order valence-electron chi connectivity index (χ4n) is 4.34. The molecule has 0 radical (unpaired) electrons. The molecule has 1 fully saturated rings. The van der Waals surface area contributed by atoms with Crippen molar-refractivity contribution in [3.05, 3.63) is 93.5 Å². The van der Waals surface area contributed by atoms with Crippen molar-refractivity contribution in [3.63, 3.8) is 0 Å². The number of nitrogens with one attached hydrogen (secondary N) is 3. The molecule has 0 bridgehead atoms. The van der Waals surface area contributed by atoms with Crippen molar-refractivity contribution in [1.82, 2.24) is 15.1 Å². The minimum absolute atomic E-state index is 0.0187. The number of carbonyl (C=O) groups excluding carboxylic acids is 3. The molecule has 1 heterocycles. The lowest BCUT2D eigenvalue weighted by Crippen LogP contribution is -2.47. The topological polar surface area (TPSA) is 131 Å². The van der Waals surface area contributed by atoms with Crippen LogP contribution in [-0.2, 0) is 11.2 Å². The average Bonchev–Trinajstić information content (AvgIpc) is 2.94. The van der Waals surface area contributed by atoms with Crippen molar-refractivity contribution in [1.29, 1.82) is 0 Å². The summed E-state index contributed by atoms with van der Waals surface area (Å²) in [7, 11) is 1.99. The summed E-state index contributed by atoms with van der Waals surface area (Å²) in [5.74, 6) is -1.91. The second-order valence-corrected chi connectivity index (χ2v) is 10.4. The number of nitrogens with zero attached hydrogens (tertiary/aromatic N) is 2. The second kappa shape index (κ2) is 13.5. The van der Waals surface area contributed by atoms with E-state index in [4.69, 9.17) is 23.2 Å². The molecule has 4 rings (SSSR count). The predicted octanol–water partition coefficient (Wildman–Crippen LogP) is 4.45. The summed E-state index contributed by atoms with van der Waals surface area (Å²) in [5.41, 5.74) is 1.82. The second-order valence-electron chi connectivity index (χ2n) is 9.58. The third kappa shape index (κ3) is 7.75. The zero-order valence-electron chi connectivity index (χ0n) is 22.2. The van der Waals surface area contributed by atoms with Gasteiger partial charge in [-0.25, -0.2) is 9.59 Å². The first-order chi connectivity index (χ1) is 19.6. The van der Waals surface area contributed by atoms with E-state index in [1.807, 2.05) is 7.05 Å². The van der Waals surface area contributed by atoms with Gasteiger partial charge in [-0.2, -0.15) is 0 Å².